The summed E-state index contributed by atoms with van der Waals surface area (Å²) in [6.07, 6.45) is 3.41. The first-order valence-electron chi connectivity index (χ1n) is 11.0. The van der Waals surface area contributed by atoms with Gasteiger partial charge < -0.3 is 5.32 Å². The van der Waals surface area contributed by atoms with E-state index in [1.165, 1.54) is 12.1 Å². The van der Waals surface area contributed by atoms with Gasteiger partial charge in [-0.2, -0.15) is 5.10 Å². The number of hydrogen-bond donors (Lipinski definition) is 1. The molecule has 174 valence electrons. The molecule has 1 amide bonds. The number of halogens is 2. The van der Waals surface area contributed by atoms with Crippen LogP contribution in [0.4, 0.5) is 4.39 Å². The Morgan fingerprint density at radius 3 is 2.46 bits per heavy atom. The molecule has 8 heteroatoms. The number of aryl methyl sites for hydroxylation is 1. The summed E-state index contributed by atoms with van der Waals surface area (Å²) >= 11 is 6.47. The van der Waals surface area contributed by atoms with E-state index in [0.717, 1.165) is 16.5 Å². The molecular formula is C27H21ClFN5O. The molecule has 0 saturated carbocycles. The Morgan fingerprint density at radius 2 is 1.74 bits per heavy atom. The van der Waals surface area contributed by atoms with E-state index in [1.807, 2.05) is 38.1 Å². The number of hydrogen-bond acceptors (Lipinski definition) is 4. The molecule has 2 heterocycles. The molecule has 0 saturated heterocycles. The number of rotatable bonds is 5. The Morgan fingerprint density at radius 1 is 1.03 bits per heavy atom. The largest absolute Gasteiger partial charge is 0.345 e. The van der Waals surface area contributed by atoms with E-state index >= 15 is 0 Å². The van der Waals surface area contributed by atoms with Crippen molar-refractivity contribution in [3.63, 3.8) is 0 Å². The fraction of sp³-hybridized carbons (Fsp3) is 0.111. The molecule has 1 unspecified atom stereocenters. The zero-order valence-corrected chi connectivity index (χ0v) is 19.8. The Kier molecular flexibility index (Phi) is 6.01. The third-order valence-corrected chi connectivity index (χ3v) is 6.12. The van der Waals surface area contributed by atoms with Crippen LogP contribution >= 0.6 is 11.6 Å². The van der Waals surface area contributed by atoms with Gasteiger partial charge in [0.15, 0.2) is 0 Å². The normalized spacial score (nSPS) is 12.0. The van der Waals surface area contributed by atoms with Gasteiger partial charge in [-0.3, -0.25) is 4.79 Å². The minimum absolute atomic E-state index is 0.244. The second-order valence-electron chi connectivity index (χ2n) is 8.21. The highest BCUT2D eigenvalue weighted by Gasteiger charge is 2.19. The van der Waals surface area contributed by atoms with E-state index in [2.05, 4.69) is 15.3 Å². The molecule has 2 aromatic heterocycles. The first-order valence-corrected chi connectivity index (χ1v) is 11.4. The lowest BCUT2D eigenvalue weighted by Gasteiger charge is -2.14. The number of benzene rings is 3. The molecule has 5 aromatic rings. The van der Waals surface area contributed by atoms with Crippen LogP contribution in [0.25, 0.3) is 27.8 Å². The third kappa shape index (κ3) is 4.50. The summed E-state index contributed by atoms with van der Waals surface area (Å²) in [5.41, 5.74) is 4.08. The summed E-state index contributed by atoms with van der Waals surface area (Å²) in [5.74, 6) is 0.0814. The maximum Gasteiger partial charge on any atom is 0.251 e. The van der Waals surface area contributed by atoms with Gasteiger partial charge >= 0.3 is 0 Å². The number of nitrogens with one attached hydrogen (secondary N) is 1. The SMILES string of the molecule is Cc1ncc(C(C)NC(=O)c2ccc3c(-c4ccccc4Cl)nn(-c4ccc(F)cc4)c3c2)cn1. The van der Waals surface area contributed by atoms with Crippen LogP contribution in [0.15, 0.2) is 79.1 Å². The first-order chi connectivity index (χ1) is 16.9. The summed E-state index contributed by atoms with van der Waals surface area (Å²) < 4.78 is 15.3. The van der Waals surface area contributed by atoms with Gasteiger partial charge in [-0.1, -0.05) is 29.8 Å². The van der Waals surface area contributed by atoms with Gasteiger partial charge in [-0.05, 0) is 62.4 Å². The number of fused-ring (bicyclic) bond motifs is 1. The smallest absolute Gasteiger partial charge is 0.251 e. The Labute approximate surface area is 206 Å². The number of carbonyl (C=O) groups is 1. The van der Waals surface area contributed by atoms with Gasteiger partial charge in [0.1, 0.15) is 17.3 Å². The lowest BCUT2D eigenvalue weighted by molar-refractivity contribution is 0.0940. The van der Waals surface area contributed by atoms with Gasteiger partial charge in [0.2, 0.25) is 0 Å². The molecule has 0 aliphatic carbocycles. The standard InChI is InChI=1S/C27H21ClFN5O/c1-16(19-14-30-17(2)31-15-19)32-27(35)18-7-12-23-25(13-18)34(21-10-8-20(29)9-11-21)33-26(23)22-5-3-4-6-24(22)28/h3-16H,1-2H3,(H,32,35). The zero-order chi connectivity index (χ0) is 24.5. The summed E-state index contributed by atoms with van der Waals surface area (Å²) in [6.45, 7) is 3.69. The molecule has 1 atom stereocenters. The predicted octanol–water partition coefficient (Wildman–Crippen LogP) is 6.07. The number of carbonyl (C=O) groups excluding carboxylic acids is 1. The van der Waals surface area contributed by atoms with Crippen molar-refractivity contribution in [2.24, 2.45) is 0 Å². The second-order valence-corrected chi connectivity index (χ2v) is 8.61. The van der Waals surface area contributed by atoms with Crippen molar-refractivity contribution >= 4 is 28.4 Å². The molecule has 0 spiro atoms. The second kappa shape index (κ2) is 9.27. The van der Waals surface area contributed by atoms with Crippen LogP contribution in [0, 0.1) is 12.7 Å². The Bertz CT molecular complexity index is 1530. The predicted molar refractivity (Wildman–Crippen MR) is 134 cm³/mol. The molecule has 1 N–H and O–H groups in total. The van der Waals surface area contributed by atoms with Gasteiger partial charge in [0, 0.05) is 34.5 Å². The van der Waals surface area contributed by atoms with Crippen LogP contribution in [0.1, 0.15) is 34.7 Å². The fourth-order valence-electron chi connectivity index (χ4n) is 3.88. The highest BCUT2D eigenvalue weighted by atomic mass is 35.5. The van der Waals surface area contributed by atoms with E-state index in [1.54, 1.807) is 47.4 Å². The minimum Gasteiger partial charge on any atom is -0.345 e. The lowest BCUT2D eigenvalue weighted by Crippen LogP contribution is -2.26. The molecule has 0 radical (unpaired) electrons. The number of amides is 1. The van der Waals surface area contributed by atoms with Crippen molar-refractivity contribution in [1.82, 2.24) is 25.1 Å². The topological polar surface area (TPSA) is 72.7 Å². The molecule has 0 bridgehead atoms. The van der Waals surface area contributed by atoms with Crippen LogP contribution in [0.2, 0.25) is 5.02 Å². The van der Waals surface area contributed by atoms with Crippen LogP contribution < -0.4 is 5.32 Å². The molecule has 35 heavy (non-hydrogen) atoms. The third-order valence-electron chi connectivity index (χ3n) is 5.79. The highest BCUT2D eigenvalue weighted by Crippen LogP contribution is 2.34. The molecule has 3 aromatic carbocycles. The van der Waals surface area contributed by atoms with Crippen molar-refractivity contribution in [1.29, 1.82) is 0 Å². The minimum atomic E-state index is -0.342. The van der Waals surface area contributed by atoms with Gasteiger partial charge in [0.25, 0.3) is 5.91 Å². The van der Waals surface area contributed by atoms with Crippen molar-refractivity contribution < 1.29 is 9.18 Å². The van der Waals surface area contributed by atoms with Crippen LogP contribution in [0.5, 0.6) is 0 Å². The van der Waals surface area contributed by atoms with Crippen molar-refractivity contribution in [3.8, 4) is 16.9 Å². The number of aromatic nitrogens is 4. The van der Waals surface area contributed by atoms with Gasteiger partial charge in [-0.15, -0.1) is 0 Å². The number of nitrogens with zero attached hydrogens (tertiary/aromatic N) is 4. The molecule has 0 fully saturated rings. The van der Waals surface area contributed by atoms with E-state index in [4.69, 9.17) is 16.7 Å². The zero-order valence-electron chi connectivity index (χ0n) is 19.0. The Hall–Kier alpha value is -4.10. The summed E-state index contributed by atoms with van der Waals surface area (Å²) in [5, 5.41) is 9.17. The van der Waals surface area contributed by atoms with Crippen molar-refractivity contribution in [3.05, 3.63) is 107 Å². The van der Waals surface area contributed by atoms with Crippen molar-refractivity contribution in [2.45, 2.75) is 19.9 Å². The highest BCUT2D eigenvalue weighted by molar-refractivity contribution is 6.33. The summed E-state index contributed by atoms with van der Waals surface area (Å²) in [6, 6.07) is 18.6. The molecule has 5 rings (SSSR count). The van der Waals surface area contributed by atoms with E-state index in [9.17, 15) is 9.18 Å². The molecule has 6 nitrogen and oxygen atoms in total. The molecule has 0 aliphatic heterocycles. The summed E-state index contributed by atoms with van der Waals surface area (Å²) in [4.78, 5) is 21.5. The Balaban J connectivity index is 1.58. The van der Waals surface area contributed by atoms with Crippen LogP contribution in [-0.2, 0) is 0 Å². The van der Waals surface area contributed by atoms with Crippen LogP contribution in [0.3, 0.4) is 0 Å². The maximum absolute atomic E-state index is 13.6. The summed E-state index contributed by atoms with van der Waals surface area (Å²) in [7, 11) is 0. The van der Waals surface area contributed by atoms with E-state index in [0.29, 0.717) is 33.3 Å². The van der Waals surface area contributed by atoms with E-state index in [-0.39, 0.29) is 17.8 Å². The quantitative estimate of drug-likeness (QED) is 0.327. The average molecular weight is 486 g/mol. The fourth-order valence-corrected chi connectivity index (χ4v) is 4.10. The lowest BCUT2D eigenvalue weighted by atomic mass is 10.1. The van der Waals surface area contributed by atoms with Gasteiger partial charge in [-0.25, -0.2) is 19.0 Å². The van der Waals surface area contributed by atoms with Crippen molar-refractivity contribution in [2.75, 3.05) is 0 Å². The molecule has 0 aliphatic rings. The first kappa shape index (κ1) is 22.7. The maximum atomic E-state index is 13.6. The van der Waals surface area contributed by atoms with Crippen LogP contribution in [-0.4, -0.2) is 25.7 Å². The molecular weight excluding hydrogens is 465 g/mol. The average Bonchev–Trinajstić information content (AvgIpc) is 3.24. The van der Waals surface area contributed by atoms with E-state index < -0.39 is 0 Å². The monoisotopic (exact) mass is 485 g/mol. The van der Waals surface area contributed by atoms with Gasteiger partial charge in [0.05, 0.1) is 22.3 Å².